The van der Waals surface area contributed by atoms with Crippen LogP contribution in [0.3, 0.4) is 0 Å². The third-order valence-electron chi connectivity index (χ3n) is 5.41. The number of sulfonamides is 1. The lowest BCUT2D eigenvalue weighted by Crippen LogP contribution is -2.36. The predicted molar refractivity (Wildman–Crippen MR) is 119 cm³/mol. The zero-order chi connectivity index (χ0) is 22.1. The van der Waals surface area contributed by atoms with Gasteiger partial charge in [-0.1, -0.05) is 6.42 Å². The van der Waals surface area contributed by atoms with Gasteiger partial charge in [0.1, 0.15) is 0 Å². The minimum absolute atomic E-state index is 0.185. The molecule has 11 heteroatoms. The molecule has 1 fully saturated rings. The average Bonchev–Trinajstić information content (AvgIpc) is 3.31. The molecule has 2 N–H and O–H groups in total. The summed E-state index contributed by atoms with van der Waals surface area (Å²) < 4.78 is 28.8. The second-order valence-corrected chi connectivity index (χ2v) is 9.37. The summed E-state index contributed by atoms with van der Waals surface area (Å²) in [6, 6.07) is 7.06. The summed E-state index contributed by atoms with van der Waals surface area (Å²) in [5.74, 6) is 0. The van der Waals surface area contributed by atoms with Gasteiger partial charge in [0.25, 0.3) is 15.2 Å². The van der Waals surface area contributed by atoms with Crippen LogP contribution in [-0.4, -0.2) is 50.1 Å². The van der Waals surface area contributed by atoms with E-state index in [1.165, 1.54) is 22.8 Å². The molecule has 0 unspecified atom stereocenters. The summed E-state index contributed by atoms with van der Waals surface area (Å²) in [6.07, 6.45) is 10.7. The highest BCUT2D eigenvalue weighted by Gasteiger charge is 2.28. The zero-order valence-corrected chi connectivity index (χ0v) is 17.9. The van der Waals surface area contributed by atoms with Crippen LogP contribution in [0.1, 0.15) is 19.3 Å². The molecule has 5 heterocycles. The van der Waals surface area contributed by atoms with Gasteiger partial charge in [-0.15, -0.1) is 0 Å². The van der Waals surface area contributed by atoms with Gasteiger partial charge in [-0.05, 0) is 31.0 Å². The van der Waals surface area contributed by atoms with Gasteiger partial charge in [0.15, 0.2) is 5.65 Å². The number of hydrogen-bond acceptors (Lipinski definition) is 7. The summed E-state index contributed by atoms with van der Waals surface area (Å²) in [4.78, 5) is 26.9. The van der Waals surface area contributed by atoms with Crippen molar-refractivity contribution in [2.45, 2.75) is 24.4 Å². The Morgan fingerprint density at radius 3 is 2.53 bits per heavy atom. The van der Waals surface area contributed by atoms with E-state index in [4.69, 9.17) is 0 Å². The van der Waals surface area contributed by atoms with E-state index < -0.39 is 10.0 Å². The molecule has 0 saturated carbocycles. The predicted octanol–water partition coefficient (Wildman–Crippen LogP) is 2.40. The quantitative estimate of drug-likeness (QED) is 0.446. The number of aromatic nitrogens is 5. The molecule has 0 radical (unpaired) electrons. The summed E-state index contributed by atoms with van der Waals surface area (Å²) in [5.41, 5.74) is 3.27. The molecular formula is C21H21N7O3S. The Labute approximate surface area is 184 Å². The van der Waals surface area contributed by atoms with Crippen molar-refractivity contribution in [2.75, 3.05) is 18.4 Å². The molecule has 1 aliphatic heterocycles. The minimum atomic E-state index is -3.68. The molecule has 0 aromatic carbocycles. The largest absolute Gasteiger partial charge is 0.350 e. The van der Waals surface area contributed by atoms with Crippen molar-refractivity contribution in [3.63, 3.8) is 0 Å². The molecule has 10 nitrogen and oxygen atoms in total. The highest BCUT2D eigenvalue weighted by atomic mass is 32.2. The summed E-state index contributed by atoms with van der Waals surface area (Å²) in [7, 11) is -3.68. The first-order valence-corrected chi connectivity index (χ1v) is 11.7. The lowest BCUT2D eigenvalue weighted by atomic mass is 10.1. The number of hydrogen-bond donors (Lipinski definition) is 2. The van der Waals surface area contributed by atoms with Gasteiger partial charge >= 0.3 is 0 Å². The van der Waals surface area contributed by atoms with Crippen LogP contribution >= 0.6 is 0 Å². The molecule has 4 aromatic heterocycles. The van der Waals surface area contributed by atoms with Crippen LogP contribution in [0, 0.1) is 0 Å². The van der Waals surface area contributed by atoms with Gasteiger partial charge < -0.3 is 10.3 Å². The highest BCUT2D eigenvalue weighted by Crippen LogP contribution is 2.27. The van der Waals surface area contributed by atoms with Gasteiger partial charge in [-0.25, -0.2) is 23.4 Å². The third-order valence-corrected chi connectivity index (χ3v) is 7.13. The number of imidazole rings is 1. The maximum absolute atomic E-state index is 12.7. The zero-order valence-electron chi connectivity index (χ0n) is 17.1. The van der Waals surface area contributed by atoms with E-state index in [-0.39, 0.29) is 10.7 Å². The van der Waals surface area contributed by atoms with Crippen molar-refractivity contribution in [1.29, 1.82) is 0 Å². The van der Waals surface area contributed by atoms with Gasteiger partial charge in [0, 0.05) is 43.3 Å². The Hall–Kier alpha value is -3.57. The first-order chi connectivity index (χ1) is 15.5. The summed E-state index contributed by atoms with van der Waals surface area (Å²) in [6.45, 7) is 1.01. The van der Waals surface area contributed by atoms with E-state index in [0.29, 0.717) is 30.1 Å². The molecule has 1 saturated heterocycles. The Morgan fingerprint density at radius 1 is 1.00 bits per heavy atom. The van der Waals surface area contributed by atoms with Crippen LogP contribution in [0.2, 0.25) is 0 Å². The topological polar surface area (TPSA) is 125 Å². The number of pyridine rings is 2. The van der Waals surface area contributed by atoms with E-state index in [0.717, 1.165) is 30.5 Å². The maximum Gasteiger partial charge on any atom is 0.278 e. The second kappa shape index (κ2) is 8.17. The van der Waals surface area contributed by atoms with Crippen molar-refractivity contribution in [3.8, 4) is 11.3 Å². The van der Waals surface area contributed by atoms with Gasteiger partial charge in [-0.3, -0.25) is 9.20 Å². The SMILES string of the molecule is O=c1cc(-c2ccc(Nc3cnc(S(=O)(=O)N4CCCCC4)nc3)c3nccn23)cc[nH]1. The van der Waals surface area contributed by atoms with Crippen LogP contribution in [-0.2, 0) is 10.0 Å². The van der Waals surface area contributed by atoms with Crippen molar-refractivity contribution in [3.05, 3.63) is 65.6 Å². The van der Waals surface area contributed by atoms with E-state index >= 15 is 0 Å². The fraction of sp³-hybridized carbons (Fsp3) is 0.238. The molecule has 1 aliphatic rings. The molecule has 0 spiro atoms. The van der Waals surface area contributed by atoms with E-state index in [1.807, 2.05) is 28.8 Å². The molecule has 164 valence electrons. The molecule has 0 aliphatic carbocycles. The maximum atomic E-state index is 12.7. The monoisotopic (exact) mass is 451 g/mol. The number of rotatable bonds is 5. The smallest absolute Gasteiger partial charge is 0.278 e. The third kappa shape index (κ3) is 3.76. The Bertz CT molecular complexity index is 1420. The molecular weight excluding hydrogens is 430 g/mol. The first kappa shape index (κ1) is 20.3. The first-order valence-electron chi connectivity index (χ1n) is 10.3. The Kier molecular flexibility index (Phi) is 5.19. The van der Waals surface area contributed by atoms with Gasteiger partial charge in [-0.2, -0.15) is 4.31 Å². The van der Waals surface area contributed by atoms with Crippen LogP contribution in [0.5, 0.6) is 0 Å². The van der Waals surface area contributed by atoms with E-state index in [1.54, 1.807) is 12.4 Å². The number of aromatic amines is 1. The van der Waals surface area contributed by atoms with Crippen molar-refractivity contribution < 1.29 is 8.42 Å². The Morgan fingerprint density at radius 2 is 1.78 bits per heavy atom. The number of fused-ring (bicyclic) bond motifs is 1. The van der Waals surface area contributed by atoms with Crippen LogP contribution in [0.4, 0.5) is 11.4 Å². The van der Waals surface area contributed by atoms with Crippen LogP contribution < -0.4 is 10.9 Å². The van der Waals surface area contributed by atoms with Crippen molar-refractivity contribution in [1.82, 2.24) is 28.6 Å². The summed E-state index contributed by atoms with van der Waals surface area (Å²) >= 11 is 0. The van der Waals surface area contributed by atoms with Crippen LogP contribution in [0.15, 0.2) is 65.2 Å². The summed E-state index contributed by atoms with van der Waals surface area (Å²) in [5, 5.41) is 3.00. The Balaban J connectivity index is 1.42. The number of anilines is 2. The van der Waals surface area contributed by atoms with Crippen molar-refractivity contribution >= 4 is 27.0 Å². The number of piperidine rings is 1. The lowest BCUT2D eigenvalue weighted by molar-refractivity contribution is 0.344. The normalized spacial score (nSPS) is 15.1. The van der Waals surface area contributed by atoms with E-state index in [9.17, 15) is 13.2 Å². The van der Waals surface area contributed by atoms with Crippen molar-refractivity contribution in [2.24, 2.45) is 0 Å². The highest BCUT2D eigenvalue weighted by molar-refractivity contribution is 7.88. The average molecular weight is 452 g/mol. The number of nitrogens with one attached hydrogen (secondary N) is 2. The number of nitrogens with zero attached hydrogens (tertiary/aromatic N) is 5. The van der Waals surface area contributed by atoms with Crippen LogP contribution in [0.25, 0.3) is 16.9 Å². The van der Waals surface area contributed by atoms with Gasteiger partial charge in [0.05, 0.1) is 29.5 Å². The standard InChI is InChI=1S/C21H21N7O3S/c29-19-12-15(6-7-22-19)18-5-4-17(20-23-8-11-28(18)20)26-16-13-24-21(25-14-16)32(30,31)27-9-2-1-3-10-27/h4-8,11-14,26H,1-3,9-10H2,(H,22,29). The molecule has 0 bridgehead atoms. The lowest BCUT2D eigenvalue weighted by Gasteiger charge is -2.24. The van der Waals surface area contributed by atoms with E-state index in [2.05, 4.69) is 25.3 Å². The minimum Gasteiger partial charge on any atom is -0.350 e. The molecule has 32 heavy (non-hydrogen) atoms. The fourth-order valence-corrected chi connectivity index (χ4v) is 5.18. The second-order valence-electron chi connectivity index (χ2n) is 7.54. The molecule has 4 aromatic rings. The molecule has 0 atom stereocenters. The van der Waals surface area contributed by atoms with Gasteiger partial charge in [0.2, 0.25) is 5.56 Å². The molecule has 0 amide bonds. The fourth-order valence-electron chi connectivity index (χ4n) is 3.84. The molecule has 5 rings (SSSR count). The number of H-pyrrole nitrogens is 1.